The minimum Gasteiger partial charge on any atom is -0.336 e. The minimum absolute atomic E-state index is 0.108. The van der Waals surface area contributed by atoms with Crippen LogP contribution in [0.25, 0.3) is 0 Å². The molecule has 0 unspecified atom stereocenters. The van der Waals surface area contributed by atoms with Gasteiger partial charge in [0, 0.05) is 39.3 Å². The third-order valence-corrected chi connectivity index (χ3v) is 6.99. The molecule has 0 saturated carbocycles. The van der Waals surface area contributed by atoms with Crippen LogP contribution in [0.5, 0.6) is 0 Å². The third kappa shape index (κ3) is 4.34. The minimum atomic E-state index is -3.62. The lowest BCUT2D eigenvalue weighted by Gasteiger charge is -2.34. The van der Waals surface area contributed by atoms with E-state index in [1.807, 2.05) is 0 Å². The summed E-state index contributed by atoms with van der Waals surface area (Å²) in [4.78, 5) is 16.9. The molecule has 25 heavy (non-hydrogen) atoms. The quantitative estimate of drug-likeness (QED) is 0.750. The van der Waals surface area contributed by atoms with Crippen LogP contribution in [0.2, 0.25) is 5.02 Å². The highest BCUT2D eigenvalue weighted by Crippen LogP contribution is 2.24. The van der Waals surface area contributed by atoms with Gasteiger partial charge in [-0.2, -0.15) is 4.31 Å². The van der Waals surface area contributed by atoms with Crippen molar-refractivity contribution in [1.82, 2.24) is 14.1 Å². The second kappa shape index (κ2) is 8.49. The monoisotopic (exact) mass is 387 g/mol. The van der Waals surface area contributed by atoms with Gasteiger partial charge in [0.05, 0.1) is 15.5 Å². The number of nitrogens with zero attached hydrogens (tertiary/aromatic N) is 3. The van der Waals surface area contributed by atoms with Crippen molar-refractivity contribution < 1.29 is 13.2 Å². The first kappa shape index (κ1) is 20.2. The number of likely N-dealkylation sites (N-methyl/N-ethyl adjacent to an activating group) is 1. The molecular formula is C17H26ClN3O3S. The van der Waals surface area contributed by atoms with Gasteiger partial charge in [0.15, 0.2) is 0 Å². The Balaban J connectivity index is 2.29. The Morgan fingerprint density at radius 1 is 1.12 bits per heavy atom. The van der Waals surface area contributed by atoms with Gasteiger partial charge in [-0.15, -0.1) is 0 Å². The van der Waals surface area contributed by atoms with Crippen LogP contribution in [-0.4, -0.2) is 74.2 Å². The van der Waals surface area contributed by atoms with E-state index in [0.717, 1.165) is 19.6 Å². The predicted molar refractivity (Wildman–Crippen MR) is 99.6 cm³/mol. The van der Waals surface area contributed by atoms with Crippen LogP contribution in [0, 0.1) is 0 Å². The Kier molecular flexibility index (Phi) is 6.85. The number of hydrogen-bond acceptors (Lipinski definition) is 4. The van der Waals surface area contributed by atoms with E-state index in [2.05, 4.69) is 11.8 Å². The fourth-order valence-electron chi connectivity index (χ4n) is 2.98. The number of sulfonamides is 1. The molecule has 0 bridgehead atoms. The highest BCUT2D eigenvalue weighted by atomic mass is 35.5. The van der Waals surface area contributed by atoms with Crippen molar-refractivity contribution in [1.29, 1.82) is 0 Å². The maximum absolute atomic E-state index is 12.8. The molecule has 8 heteroatoms. The summed E-state index contributed by atoms with van der Waals surface area (Å²) in [5, 5.41) is 0.279. The van der Waals surface area contributed by atoms with Crippen LogP contribution in [0.1, 0.15) is 31.1 Å². The first-order valence-corrected chi connectivity index (χ1v) is 10.5. The third-order valence-electron chi connectivity index (χ3n) is 4.62. The van der Waals surface area contributed by atoms with Gasteiger partial charge in [-0.3, -0.25) is 4.79 Å². The summed E-state index contributed by atoms with van der Waals surface area (Å²) in [5.74, 6) is -0.211. The van der Waals surface area contributed by atoms with Crippen LogP contribution in [-0.2, 0) is 10.0 Å². The number of piperazine rings is 1. The topological polar surface area (TPSA) is 60.9 Å². The molecule has 1 aliphatic heterocycles. The zero-order valence-corrected chi connectivity index (χ0v) is 16.6. The van der Waals surface area contributed by atoms with E-state index in [9.17, 15) is 13.2 Å². The molecule has 140 valence electrons. The van der Waals surface area contributed by atoms with Crippen molar-refractivity contribution in [2.24, 2.45) is 0 Å². The normalized spacial score (nSPS) is 16.4. The molecule has 6 nitrogen and oxygen atoms in total. The summed E-state index contributed by atoms with van der Waals surface area (Å²) in [7, 11) is -3.62. The van der Waals surface area contributed by atoms with E-state index >= 15 is 0 Å². The van der Waals surface area contributed by atoms with E-state index in [1.54, 1.807) is 18.7 Å². The molecule has 1 saturated heterocycles. The van der Waals surface area contributed by atoms with Crippen molar-refractivity contribution in [3.05, 3.63) is 28.8 Å². The highest BCUT2D eigenvalue weighted by molar-refractivity contribution is 7.89. The predicted octanol–water partition coefficient (Wildman–Crippen LogP) is 2.15. The van der Waals surface area contributed by atoms with Gasteiger partial charge in [0.2, 0.25) is 10.0 Å². The van der Waals surface area contributed by atoms with E-state index in [-0.39, 0.29) is 21.4 Å². The lowest BCUT2D eigenvalue weighted by Crippen LogP contribution is -2.48. The molecule has 0 spiro atoms. The number of amides is 1. The first-order chi connectivity index (χ1) is 11.8. The summed E-state index contributed by atoms with van der Waals surface area (Å²) >= 11 is 6.20. The van der Waals surface area contributed by atoms with E-state index in [4.69, 9.17) is 11.6 Å². The summed E-state index contributed by atoms with van der Waals surface area (Å²) in [6.45, 7) is 10.3. The van der Waals surface area contributed by atoms with Gasteiger partial charge >= 0.3 is 0 Å². The van der Waals surface area contributed by atoms with Crippen molar-refractivity contribution >= 4 is 27.5 Å². The Morgan fingerprint density at radius 3 is 2.24 bits per heavy atom. The van der Waals surface area contributed by atoms with Gasteiger partial charge in [-0.05, 0) is 24.7 Å². The fraction of sp³-hybridized carbons (Fsp3) is 0.588. The molecule has 0 radical (unpaired) electrons. The van der Waals surface area contributed by atoms with Crippen LogP contribution >= 0.6 is 11.6 Å². The lowest BCUT2D eigenvalue weighted by atomic mass is 10.2. The molecule has 1 aliphatic rings. The summed E-state index contributed by atoms with van der Waals surface area (Å²) < 4.78 is 26.7. The SMILES string of the molecule is CCN1CCN(C(=O)c2cc(S(=O)(=O)N(CC)CC)ccc2Cl)CC1. The van der Waals surface area contributed by atoms with Gasteiger partial charge in [0.25, 0.3) is 5.91 Å². The highest BCUT2D eigenvalue weighted by Gasteiger charge is 2.27. The molecule has 0 aliphatic carbocycles. The molecule has 1 amide bonds. The Morgan fingerprint density at radius 2 is 1.72 bits per heavy atom. The van der Waals surface area contributed by atoms with E-state index < -0.39 is 10.0 Å². The molecular weight excluding hydrogens is 362 g/mol. The molecule has 0 N–H and O–H groups in total. The maximum Gasteiger partial charge on any atom is 0.255 e. The Hall–Kier alpha value is -1.15. The van der Waals surface area contributed by atoms with Gasteiger partial charge < -0.3 is 9.80 Å². The molecule has 1 aromatic carbocycles. The van der Waals surface area contributed by atoms with Crippen LogP contribution in [0.15, 0.2) is 23.1 Å². The van der Waals surface area contributed by atoms with Gasteiger partial charge in [-0.25, -0.2) is 8.42 Å². The van der Waals surface area contributed by atoms with Crippen molar-refractivity contribution in [3.8, 4) is 0 Å². The fourth-order valence-corrected chi connectivity index (χ4v) is 4.66. The van der Waals surface area contributed by atoms with Crippen molar-refractivity contribution in [2.45, 2.75) is 25.7 Å². The number of carbonyl (C=O) groups is 1. The summed E-state index contributed by atoms with van der Waals surface area (Å²) in [6, 6.07) is 4.36. The zero-order valence-electron chi connectivity index (χ0n) is 15.0. The van der Waals surface area contributed by atoms with Crippen LogP contribution in [0.3, 0.4) is 0 Å². The Labute approximate surface area is 155 Å². The van der Waals surface area contributed by atoms with E-state index in [0.29, 0.717) is 26.2 Å². The lowest BCUT2D eigenvalue weighted by molar-refractivity contribution is 0.0643. The average molecular weight is 388 g/mol. The number of halogens is 1. The van der Waals surface area contributed by atoms with Crippen molar-refractivity contribution in [3.63, 3.8) is 0 Å². The van der Waals surface area contributed by atoms with E-state index in [1.165, 1.54) is 22.5 Å². The molecule has 2 rings (SSSR count). The number of benzene rings is 1. The molecule has 1 aromatic rings. The second-order valence-corrected chi connectivity index (χ2v) is 8.30. The molecule has 1 heterocycles. The zero-order chi connectivity index (χ0) is 18.6. The first-order valence-electron chi connectivity index (χ1n) is 8.66. The number of rotatable bonds is 6. The molecule has 0 atom stereocenters. The van der Waals surface area contributed by atoms with Crippen LogP contribution < -0.4 is 0 Å². The van der Waals surface area contributed by atoms with Gasteiger partial charge in [0.1, 0.15) is 0 Å². The molecule has 1 fully saturated rings. The molecule has 0 aromatic heterocycles. The average Bonchev–Trinajstić information content (AvgIpc) is 2.62. The standard InChI is InChI=1S/C17H26ClN3O3S/c1-4-19-9-11-20(12-10-19)17(22)15-13-14(7-8-16(15)18)25(23,24)21(5-2)6-3/h7-8,13H,4-6,9-12H2,1-3H3. The maximum atomic E-state index is 12.8. The summed E-state index contributed by atoms with van der Waals surface area (Å²) in [6.07, 6.45) is 0. The second-order valence-electron chi connectivity index (χ2n) is 5.96. The number of carbonyl (C=O) groups excluding carboxylic acids is 1. The van der Waals surface area contributed by atoms with Gasteiger partial charge in [-0.1, -0.05) is 32.4 Å². The number of hydrogen-bond donors (Lipinski definition) is 0. The van der Waals surface area contributed by atoms with Crippen LogP contribution in [0.4, 0.5) is 0 Å². The largest absolute Gasteiger partial charge is 0.336 e. The smallest absolute Gasteiger partial charge is 0.255 e. The Bertz CT molecular complexity index is 712. The summed E-state index contributed by atoms with van der Waals surface area (Å²) in [5.41, 5.74) is 0.250. The van der Waals surface area contributed by atoms with Crippen molar-refractivity contribution in [2.75, 3.05) is 45.8 Å².